The molecule has 0 unspecified atom stereocenters. The number of ether oxygens (including phenoxy) is 3. The number of hydrogen-bond acceptors (Lipinski definition) is 4. The van der Waals surface area contributed by atoms with Gasteiger partial charge >= 0.3 is 0 Å². The first-order valence-electron chi connectivity index (χ1n) is 8.76. The number of methoxy groups -OCH3 is 2. The largest absolute Gasteiger partial charge is 0.378 e. The van der Waals surface area contributed by atoms with Gasteiger partial charge in [0.25, 0.3) is 5.91 Å². The summed E-state index contributed by atoms with van der Waals surface area (Å²) in [6.45, 7) is 1.63. The highest BCUT2D eigenvalue weighted by Gasteiger charge is 2.34. The number of rotatable bonds is 5. The Hall–Kier alpha value is -1.43. The molecule has 0 aromatic heterocycles. The quantitative estimate of drug-likeness (QED) is 0.895. The van der Waals surface area contributed by atoms with Crippen molar-refractivity contribution in [3.8, 4) is 0 Å². The third-order valence-corrected chi connectivity index (χ3v) is 5.16. The summed E-state index contributed by atoms with van der Waals surface area (Å²) in [6.07, 6.45) is 4.52. The summed E-state index contributed by atoms with van der Waals surface area (Å²) >= 11 is 0. The number of aryl methyl sites for hydroxylation is 2. The second kappa shape index (κ2) is 8.10. The van der Waals surface area contributed by atoms with Crippen LogP contribution in [0.4, 0.5) is 0 Å². The molecule has 2 aliphatic rings. The van der Waals surface area contributed by atoms with Crippen LogP contribution >= 0.6 is 0 Å². The molecule has 1 amide bonds. The predicted octanol–water partition coefficient (Wildman–Crippen LogP) is 1.97. The van der Waals surface area contributed by atoms with Crippen molar-refractivity contribution >= 4 is 5.91 Å². The average Bonchev–Trinajstić information content (AvgIpc) is 2.65. The maximum atomic E-state index is 12.5. The summed E-state index contributed by atoms with van der Waals surface area (Å²) in [6, 6.07) is 6.08. The maximum Gasteiger partial charge on any atom is 0.251 e. The molecular weight excluding hydrogens is 306 g/mol. The lowest BCUT2D eigenvalue weighted by atomic mass is 9.90. The Labute approximate surface area is 143 Å². The van der Waals surface area contributed by atoms with Crippen molar-refractivity contribution in [2.75, 3.05) is 34.0 Å². The van der Waals surface area contributed by atoms with Gasteiger partial charge in [0.1, 0.15) is 6.10 Å². The fraction of sp³-hybridized carbons (Fsp3) is 0.632. The standard InChI is InChI=1S/C19H27NO4/c1-22-17-12-24-11-16(18(17)23-2)10-20-19(21)15-8-7-13-5-3-4-6-14(13)9-15/h7-9,16-18H,3-6,10-12H2,1-2H3,(H,20,21)/t16-,17-,18+/m1/s1. The van der Waals surface area contributed by atoms with E-state index >= 15 is 0 Å². The van der Waals surface area contributed by atoms with E-state index in [1.165, 1.54) is 24.0 Å². The van der Waals surface area contributed by atoms with Gasteiger partial charge in [-0.2, -0.15) is 0 Å². The monoisotopic (exact) mass is 333 g/mol. The van der Waals surface area contributed by atoms with Crippen LogP contribution in [0.2, 0.25) is 0 Å². The summed E-state index contributed by atoms with van der Waals surface area (Å²) in [7, 11) is 3.34. The van der Waals surface area contributed by atoms with Gasteiger partial charge in [0, 0.05) is 32.2 Å². The highest BCUT2D eigenvalue weighted by molar-refractivity contribution is 5.94. The molecule has 1 fully saturated rings. The van der Waals surface area contributed by atoms with Gasteiger partial charge in [0.15, 0.2) is 0 Å². The van der Waals surface area contributed by atoms with Crippen LogP contribution in [0.15, 0.2) is 18.2 Å². The Morgan fingerprint density at radius 3 is 2.71 bits per heavy atom. The summed E-state index contributed by atoms with van der Waals surface area (Å²) in [5.41, 5.74) is 3.45. The Morgan fingerprint density at radius 2 is 1.96 bits per heavy atom. The molecule has 0 saturated carbocycles. The Morgan fingerprint density at radius 1 is 1.17 bits per heavy atom. The molecule has 1 heterocycles. The molecular formula is C19H27NO4. The van der Waals surface area contributed by atoms with Gasteiger partial charge < -0.3 is 19.5 Å². The smallest absolute Gasteiger partial charge is 0.251 e. The fourth-order valence-electron chi connectivity index (χ4n) is 3.75. The van der Waals surface area contributed by atoms with E-state index in [9.17, 15) is 4.79 Å². The van der Waals surface area contributed by atoms with Gasteiger partial charge in [-0.1, -0.05) is 6.07 Å². The first-order chi connectivity index (χ1) is 11.7. The van der Waals surface area contributed by atoms with E-state index in [0.717, 1.165) is 18.4 Å². The van der Waals surface area contributed by atoms with Crippen LogP contribution in [0.3, 0.4) is 0 Å². The summed E-state index contributed by atoms with van der Waals surface area (Å²) in [5, 5.41) is 3.03. The van der Waals surface area contributed by atoms with Crippen LogP contribution in [-0.4, -0.2) is 52.1 Å². The molecule has 1 aromatic carbocycles. The third-order valence-electron chi connectivity index (χ3n) is 5.16. The molecule has 0 radical (unpaired) electrons. The fourth-order valence-corrected chi connectivity index (χ4v) is 3.75. The van der Waals surface area contributed by atoms with E-state index in [2.05, 4.69) is 11.4 Å². The topological polar surface area (TPSA) is 56.8 Å². The van der Waals surface area contributed by atoms with E-state index in [4.69, 9.17) is 14.2 Å². The molecule has 0 bridgehead atoms. The van der Waals surface area contributed by atoms with Gasteiger partial charge in [-0.15, -0.1) is 0 Å². The van der Waals surface area contributed by atoms with Crippen LogP contribution in [-0.2, 0) is 27.1 Å². The molecule has 3 rings (SSSR count). The van der Waals surface area contributed by atoms with Crippen LogP contribution in [0, 0.1) is 5.92 Å². The molecule has 1 N–H and O–H groups in total. The van der Waals surface area contributed by atoms with Gasteiger partial charge in [0.05, 0.1) is 19.3 Å². The Kier molecular flexibility index (Phi) is 5.87. The van der Waals surface area contributed by atoms with Crippen molar-refractivity contribution in [1.29, 1.82) is 0 Å². The molecule has 1 aliphatic heterocycles. The zero-order valence-electron chi connectivity index (χ0n) is 14.5. The van der Waals surface area contributed by atoms with E-state index in [0.29, 0.717) is 19.8 Å². The minimum absolute atomic E-state index is 0.0298. The number of nitrogens with one attached hydrogen (secondary N) is 1. The number of carbonyl (C=O) groups is 1. The number of hydrogen-bond donors (Lipinski definition) is 1. The zero-order valence-corrected chi connectivity index (χ0v) is 14.5. The molecule has 24 heavy (non-hydrogen) atoms. The first-order valence-corrected chi connectivity index (χ1v) is 8.76. The van der Waals surface area contributed by atoms with Crippen LogP contribution in [0.5, 0.6) is 0 Å². The minimum atomic E-state index is -0.0885. The molecule has 5 nitrogen and oxygen atoms in total. The number of carbonyl (C=O) groups excluding carboxylic acids is 1. The lowest BCUT2D eigenvalue weighted by molar-refractivity contribution is -0.145. The minimum Gasteiger partial charge on any atom is -0.378 e. The second-order valence-electron chi connectivity index (χ2n) is 6.67. The van der Waals surface area contributed by atoms with E-state index in [-0.39, 0.29) is 24.0 Å². The maximum absolute atomic E-state index is 12.5. The molecule has 1 saturated heterocycles. The van der Waals surface area contributed by atoms with Crippen molar-refractivity contribution in [2.24, 2.45) is 5.92 Å². The number of benzene rings is 1. The lowest BCUT2D eigenvalue weighted by Gasteiger charge is -2.36. The third kappa shape index (κ3) is 3.79. The molecule has 5 heteroatoms. The predicted molar refractivity (Wildman–Crippen MR) is 91.3 cm³/mol. The normalized spacial score (nSPS) is 26.7. The molecule has 0 spiro atoms. The first kappa shape index (κ1) is 17.4. The molecule has 1 aliphatic carbocycles. The van der Waals surface area contributed by atoms with E-state index in [1.54, 1.807) is 14.2 Å². The van der Waals surface area contributed by atoms with Crippen LogP contribution in [0.1, 0.15) is 34.3 Å². The Bertz CT molecular complexity index is 574. The van der Waals surface area contributed by atoms with Crippen molar-refractivity contribution in [1.82, 2.24) is 5.32 Å². The summed E-state index contributed by atoms with van der Waals surface area (Å²) < 4.78 is 16.6. The van der Waals surface area contributed by atoms with Crippen molar-refractivity contribution in [3.05, 3.63) is 34.9 Å². The number of amides is 1. The van der Waals surface area contributed by atoms with E-state index < -0.39 is 0 Å². The average molecular weight is 333 g/mol. The van der Waals surface area contributed by atoms with Crippen molar-refractivity contribution < 1.29 is 19.0 Å². The van der Waals surface area contributed by atoms with Gasteiger partial charge in [0.2, 0.25) is 0 Å². The van der Waals surface area contributed by atoms with Gasteiger partial charge in [-0.25, -0.2) is 0 Å². The van der Waals surface area contributed by atoms with Crippen molar-refractivity contribution in [3.63, 3.8) is 0 Å². The highest BCUT2D eigenvalue weighted by Crippen LogP contribution is 2.23. The zero-order chi connectivity index (χ0) is 16.9. The number of fused-ring (bicyclic) bond motifs is 1. The lowest BCUT2D eigenvalue weighted by Crippen LogP contribution is -2.50. The summed E-state index contributed by atoms with van der Waals surface area (Å²) in [5.74, 6) is 0.0630. The molecule has 132 valence electrons. The van der Waals surface area contributed by atoms with Gasteiger partial charge in [-0.3, -0.25) is 4.79 Å². The van der Waals surface area contributed by atoms with E-state index in [1.807, 2.05) is 12.1 Å². The molecule has 1 aromatic rings. The van der Waals surface area contributed by atoms with Gasteiger partial charge in [-0.05, 0) is 48.9 Å². The van der Waals surface area contributed by atoms with Crippen LogP contribution in [0.25, 0.3) is 0 Å². The van der Waals surface area contributed by atoms with Crippen LogP contribution < -0.4 is 5.32 Å². The highest BCUT2D eigenvalue weighted by atomic mass is 16.6. The van der Waals surface area contributed by atoms with Crippen molar-refractivity contribution in [2.45, 2.75) is 37.9 Å². The molecule has 3 atom stereocenters. The second-order valence-corrected chi connectivity index (χ2v) is 6.67. The Balaban J connectivity index is 1.60. The summed E-state index contributed by atoms with van der Waals surface area (Å²) in [4.78, 5) is 12.5. The SMILES string of the molecule is CO[C@H]1[C@H](CNC(=O)c2ccc3c(c2)CCCC3)COC[C@H]1OC.